The molecule has 1 saturated heterocycles. The first-order chi connectivity index (χ1) is 10.2. The molecule has 1 aliphatic heterocycles. The number of hydrogen-bond acceptors (Lipinski definition) is 6. The van der Waals surface area contributed by atoms with Gasteiger partial charge in [-0.2, -0.15) is 5.01 Å². The van der Waals surface area contributed by atoms with E-state index in [4.69, 9.17) is 4.74 Å². The third-order valence-corrected chi connectivity index (χ3v) is 3.06. The predicted octanol–water partition coefficient (Wildman–Crippen LogP) is 0.396. The zero-order valence-electron chi connectivity index (χ0n) is 11.1. The van der Waals surface area contributed by atoms with Crippen molar-refractivity contribution >= 4 is 5.91 Å². The molecule has 2 aromatic rings. The number of benzene rings is 1. The average Bonchev–Trinajstić information content (AvgIpc) is 2.93. The summed E-state index contributed by atoms with van der Waals surface area (Å²) in [5.41, 5.74) is 3.74. The molecule has 1 amide bonds. The molecule has 108 valence electrons. The van der Waals surface area contributed by atoms with Crippen LogP contribution in [0.15, 0.2) is 42.7 Å². The van der Waals surface area contributed by atoms with Crippen LogP contribution in [0.1, 0.15) is 10.4 Å². The number of hydrogen-bond donors (Lipinski definition) is 2. The number of aliphatic hydroxyl groups is 1. The number of nitrogens with zero attached hydrogens (tertiary/aromatic N) is 3. The van der Waals surface area contributed by atoms with Crippen molar-refractivity contribution in [1.29, 1.82) is 0 Å². The van der Waals surface area contributed by atoms with Crippen molar-refractivity contribution in [2.24, 2.45) is 0 Å². The van der Waals surface area contributed by atoms with E-state index in [1.165, 1.54) is 17.4 Å². The monoisotopic (exact) mass is 286 g/mol. The van der Waals surface area contributed by atoms with E-state index in [9.17, 15) is 9.90 Å². The fraction of sp³-hybridized carbons (Fsp3) is 0.214. The second-order valence-corrected chi connectivity index (χ2v) is 4.49. The molecule has 7 nitrogen and oxygen atoms in total. The van der Waals surface area contributed by atoms with E-state index in [2.05, 4.69) is 15.4 Å². The van der Waals surface area contributed by atoms with Gasteiger partial charge in [-0.25, -0.2) is 9.97 Å². The van der Waals surface area contributed by atoms with Crippen molar-refractivity contribution in [3.63, 3.8) is 0 Å². The van der Waals surface area contributed by atoms with Gasteiger partial charge in [-0.3, -0.25) is 10.2 Å². The number of nitrogens with one attached hydrogen (secondary N) is 1. The van der Waals surface area contributed by atoms with Gasteiger partial charge in [0, 0.05) is 24.5 Å². The van der Waals surface area contributed by atoms with Gasteiger partial charge < -0.3 is 9.84 Å². The number of aromatic nitrogens is 2. The Bertz CT molecular complexity index is 618. The van der Waals surface area contributed by atoms with Crippen molar-refractivity contribution in [3.05, 3.63) is 48.3 Å². The quantitative estimate of drug-likeness (QED) is 0.849. The van der Waals surface area contributed by atoms with E-state index in [-0.39, 0.29) is 5.91 Å². The third kappa shape index (κ3) is 3.05. The normalized spacial score (nSPS) is 18.6. The molecule has 2 N–H and O–H groups in total. The first-order valence-electron chi connectivity index (χ1n) is 6.49. The van der Waals surface area contributed by atoms with Crippen LogP contribution >= 0.6 is 0 Å². The first kappa shape index (κ1) is 13.6. The lowest BCUT2D eigenvalue weighted by molar-refractivity contribution is -0.144. The molecule has 21 heavy (non-hydrogen) atoms. The van der Waals surface area contributed by atoms with E-state index in [0.29, 0.717) is 24.5 Å². The lowest BCUT2D eigenvalue weighted by Gasteiger charge is -2.18. The van der Waals surface area contributed by atoms with Crippen LogP contribution in [-0.2, 0) is 4.74 Å². The topological polar surface area (TPSA) is 87.6 Å². The summed E-state index contributed by atoms with van der Waals surface area (Å²) in [7, 11) is 0. The highest BCUT2D eigenvalue weighted by Gasteiger charge is 2.24. The molecule has 2 heterocycles. The second-order valence-electron chi connectivity index (χ2n) is 4.49. The SMILES string of the molecule is O=C(NN1CCOC1O)c1cnc(-c2ccccc2)nc1. The summed E-state index contributed by atoms with van der Waals surface area (Å²) in [6.07, 6.45) is 1.79. The van der Waals surface area contributed by atoms with Crippen LogP contribution in [0.3, 0.4) is 0 Å². The number of aliphatic hydroxyl groups excluding tert-OH is 1. The molecule has 7 heteroatoms. The number of carbonyl (C=O) groups excluding carboxylic acids is 1. The van der Waals surface area contributed by atoms with E-state index in [0.717, 1.165) is 5.56 Å². The molecule has 1 atom stereocenters. The number of ether oxygens (including phenoxy) is 1. The molecule has 0 saturated carbocycles. The Labute approximate surface area is 121 Å². The van der Waals surface area contributed by atoms with Gasteiger partial charge in [0.15, 0.2) is 5.82 Å². The Kier molecular flexibility index (Phi) is 3.87. The summed E-state index contributed by atoms with van der Waals surface area (Å²) < 4.78 is 4.91. The van der Waals surface area contributed by atoms with E-state index < -0.39 is 6.41 Å². The highest BCUT2D eigenvalue weighted by atomic mass is 16.6. The minimum Gasteiger partial charge on any atom is -0.354 e. The predicted molar refractivity (Wildman–Crippen MR) is 73.6 cm³/mol. The molecule has 0 spiro atoms. The summed E-state index contributed by atoms with van der Waals surface area (Å²) in [4.78, 5) is 20.4. The maximum atomic E-state index is 12.0. The molecular formula is C14H14N4O3. The summed E-state index contributed by atoms with van der Waals surface area (Å²) in [6.45, 7) is 0.792. The van der Waals surface area contributed by atoms with Crippen molar-refractivity contribution in [3.8, 4) is 11.4 Å². The van der Waals surface area contributed by atoms with Gasteiger partial charge in [0.25, 0.3) is 5.91 Å². The molecule has 1 unspecified atom stereocenters. The van der Waals surface area contributed by atoms with Gasteiger partial charge in [-0.05, 0) is 0 Å². The summed E-state index contributed by atoms with van der Waals surface area (Å²) in [5, 5.41) is 10.7. The molecule has 1 aliphatic rings. The fourth-order valence-corrected chi connectivity index (χ4v) is 1.94. The van der Waals surface area contributed by atoms with Crippen LogP contribution in [0.25, 0.3) is 11.4 Å². The first-order valence-corrected chi connectivity index (χ1v) is 6.49. The molecule has 3 rings (SSSR count). The summed E-state index contributed by atoms with van der Waals surface area (Å²) in [5.74, 6) is 0.163. The smallest absolute Gasteiger partial charge is 0.268 e. The Morgan fingerprint density at radius 3 is 2.62 bits per heavy atom. The van der Waals surface area contributed by atoms with Crippen molar-refractivity contribution in [1.82, 2.24) is 20.4 Å². The molecule has 0 aliphatic carbocycles. The minimum absolute atomic E-state index is 0.314. The summed E-state index contributed by atoms with van der Waals surface area (Å²) >= 11 is 0. The van der Waals surface area contributed by atoms with Crippen LogP contribution in [0, 0.1) is 0 Å². The molecule has 1 aromatic heterocycles. The fourth-order valence-electron chi connectivity index (χ4n) is 1.94. The van der Waals surface area contributed by atoms with Gasteiger partial charge >= 0.3 is 0 Å². The lowest BCUT2D eigenvalue weighted by Crippen LogP contribution is -2.45. The number of rotatable bonds is 3. The lowest BCUT2D eigenvalue weighted by atomic mass is 10.2. The maximum Gasteiger partial charge on any atom is 0.268 e. The number of amides is 1. The van der Waals surface area contributed by atoms with Crippen LogP contribution < -0.4 is 5.43 Å². The van der Waals surface area contributed by atoms with E-state index >= 15 is 0 Å². The van der Waals surface area contributed by atoms with Gasteiger partial charge in [0.05, 0.1) is 12.2 Å². The van der Waals surface area contributed by atoms with Crippen LogP contribution in [-0.4, -0.2) is 45.6 Å². The van der Waals surface area contributed by atoms with Gasteiger partial charge in [-0.1, -0.05) is 30.3 Å². The Hall–Kier alpha value is -2.35. The Morgan fingerprint density at radius 1 is 1.29 bits per heavy atom. The van der Waals surface area contributed by atoms with Crippen LogP contribution in [0.4, 0.5) is 0 Å². The van der Waals surface area contributed by atoms with Crippen molar-refractivity contribution in [2.45, 2.75) is 6.41 Å². The Morgan fingerprint density at radius 2 is 2.00 bits per heavy atom. The highest BCUT2D eigenvalue weighted by Crippen LogP contribution is 2.13. The molecule has 1 fully saturated rings. The van der Waals surface area contributed by atoms with Gasteiger partial charge in [0.2, 0.25) is 6.41 Å². The van der Waals surface area contributed by atoms with E-state index in [1.807, 2.05) is 30.3 Å². The molecular weight excluding hydrogens is 272 g/mol. The van der Waals surface area contributed by atoms with Crippen molar-refractivity contribution < 1.29 is 14.6 Å². The van der Waals surface area contributed by atoms with Crippen molar-refractivity contribution in [2.75, 3.05) is 13.2 Å². The molecule has 1 aromatic carbocycles. The molecule has 0 bridgehead atoms. The second kappa shape index (κ2) is 5.96. The highest BCUT2D eigenvalue weighted by molar-refractivity contribution is 5.93. The molecule has 0 radical (unpaired) electrons. The third-order valence-electron chi connectivity index (χ3n) is 3.06. The van der Waals surface area contributed by atoms with E-state index in [1.54, 1.807) is 0 Å². The average molecular weight is 286 g/mol. The maximum absolute atomic E-state index is 12.0. The van der Waals surface area contributed by atoms with Crippen LogP contribution in [0.5, 0.6) is 0 Å². The standard InChI is InChI=1S/C14H14N4O3/c19-13(17-18-6-7-21-14(18)20)11-8-15-12(16-9-11)10-4-2-1-3-5-10/h1-5,8-9,14,20H,6-7H2,(H,17,19). The zero-order valence-corrected chi connectivity index (χ0v) is 11.1. The minimum atomic E-state index is -1.11. The largest absolute Gasteiger partial charge is 0.354 e. The Balaban J connectivity index is 1.70. The van der Waals surface area contributed by atoms with Gasteiger partial charge in [-0.15, -0.1) is 0 Å². The zero-order chi connectivity index (χ0) is 14.7. The number of hydrazine groups is 1. The van der Waals surface area contributed by atoms with Gasteiger partial charge in [0.1, 0.15) is 0 Å². The summed E-state index contributed by atoms with van der Waals surface area (Å²) in [6, 6.07) is 9.50. The van der Waals surface area contributed by atoms with Crippen LogP contribution in [0.2, 0.25) is 0 Å². The number of carbonyl (C=O) groups is 1.